The average Bonchev–Trinajstić information content (AvgIpc) is 2.50. The second-order valence-electron chi connectivity index (χ2n) is 4.31. The number of anilines is 1. The Labute approximate surface area is 136 Å². The summed E-state index contributed by atoms with van der Waals surface area (Å²) >= 11 is 11.5. The van der Waals surface area contributed by atoms with E-state index in [0.29, 0.717) is 0 Å². The number of nitrogens with one attached hydrogen (secondary N) is 2. The maximum absolute atomic E-state index is 13.6. The normalized spacial score (nSPS) is 10.1. The molecule has 0 heterocycles. The molecule has 0 saturated carbocycles. The van der Waals surface area contributed by atoms with Gasteiger partial charge in [0.05, 0.1) is 27.8 Å². The maximum Gasteiger partial charge on any atom is 0.253 e. The summed E-state index contributed by atoms with van der Waals surface area (Å²) in [6, 6.07) is 10.7. The monoisotopic (exact) mass is 340 g/mol. The molecule has 2 rings (SSSR count). The number of carbonyl (C=O) groups excluding carboxylic acids is 2. The highest BCUT2D eigenvalue weighted by Crippen LogP contribution is 2.21. The van der Waals surface area contributed by atoms with E-state index in [1.807, 2.05) is 0 Å². The zero-order chi connectivity index (χ0) is 16.1. The smallest absolute Gasteiger partial charge is 0.253 e. The average molecular weight is 341 g/mol. The Balaban J connectivity index is 1.95. The van der Waals surface area contributed by atoms with Gasteiger partial charge in [-0.15, -0.1) is 0 Å². The highest BCUT2D eigenvalue weighted by molar-refractivity contribution is 6.33. The standard InChI is InChI=1S/C15H11Cl2FN2O2/c16-10-5-2-1-4-9(10)15(22)19-8-13(21)20-12-7-3-6-11(17)14(12)18/h1-7H,8H2,(H,19,22)(H,20,21). The number of hydrogen-bond acceptors (Lipinski definition) is 2. The van der Waals surface area contributed by atoms with Gasteiger partial charge in [-0.05, 0) is 24.3 Å². The molecule has 2 aromatic carbocycles. The molecule has 2 aromatic rings. The van der Waals surface area contributed by atoms with Crippen LogP contribution in [-0.4, -0.2) is 18.4 Å². The van der Waals surface area contributed by atoms with E-state index in [2.05, 4.69) is 10.6 Å². The van der Waals surface area contributed by atoms with Crippen LogP contribution in [0.2, 0.25) is 10.0 Å². The van der Waals surface area contributed by atoms with E-state index in [1.54, 1.807) is 18.2 Å². The Kier molecular flexibility index (Phi) is 5.35. The van der Waals surface area contributed by atoms with Gasteiger partial charge in [-0.25, -0.2) is 4.39 Å². The summed E-state index contributed by atoms with van der Waals surface area (Å²) in [5.41, 5.74) is 0.204. The van der Waals surface area contributed by atoms with Crippen molar-refractivity contribution in [1.82, 2.24) is 5.32 Å². The maximum atomic E-state index is 13.6. The lowest BCUT2D eigenvalue weighted by atomic mass is 10.2. The van der Waals surface area contributed by atoms with E-state index in [0.717, 1.165) is 0 Å². The predicted octanol–water partition coefficient (Wildman–Crippen LogP) is 3.50. The fraction of sp³-hybridized carbons (Fsp3) is 0.0667. The lowest BCUT2D eigenvalue weighted by molar-refractivity contribution is -0.115. The lowest BCUT2D eigenvalue weighted by Gasteiger charge is -2.09. The van der Waals surface area contributed by atoms with Gasteiger partial charge in [0.1, 0.15) is 0 Å². The summed E-state index contributed by atoms with van der Waals surface area (Å²) in [6.45, 7) is -0.323. The first-order valence-electron chi connectivity index (χ1n) is 6.25. The largest absolute Gasteiger partial charge is 0.343 e. The zero-order valence-corrected chi connectivity index (χ0v) is 12.7. The Morgan fingerprint density at radius 1 is 1.00 bits per heavy atom. The van der Waals surface area contributed by atoms with Crippen molar-refractivity contribution in [3.63, 3.8) is 0 Å². The lowest BCUT2D eigenvalue weighted by Crippen LogP contribution is -2.33. The van der Waals surface area contributed by atoms with Gasteiger partial charge in [0.25, 0.3) is 5.91 Å². The van der Waals surface area contributed by atoms with Crippen molar-refractivity contribution in [1.29, 1.82) is 0 Å². The minimum atomic E-state index is -0.727. The Hall–Kier alpha value is -2.11. The van der Waals surface area contributed by atoms with Crippen LogP contribution in [0.4, 0.5) is 10.1 Å². The van der Waals surface area contributed by atoms with Crippen molar-refractivity contribution in [3.8, 4) is 0 Å². The molecular weight excluding hydrogens is 330 g/mol. The number of carbonyl (C=O) groups is 2. The quantitative estimate of drug-likeness (QED) is 0.894. The first-order chi connectivity index (χ1) is 10.5. The minimum Gasteiger partial charge on any atom is -0.343 e. The molecule has 0 aliphatic carbocycles. The minimum absolute atomic E-state index is 0.0514. The van der Waals surface area contributed by atoms with Crippen LogP contribution >= 0.6 is 23.2 Å². The van der Waals surface area contributed by atoms with Crippen LogP contribution < -0.4 is 10.6 Å². The third-order valence-corrected chi connectivity index (χ3v) is 3.38. The van der Waals surface area contributed by atoms with Crippen LogP contribution in [-0.2, 0) is 4.79 Å². The first kappa shape index (κ1) is 16.3. The summed E-state index contributed by atoms with van der Waals surface area (Å²) in [6.07, 6.45) is 0. The van der Waals surface area contributed by atoms with Crippen molar-refractivity contribution in [2.24, 2.45) is 0 Å². The highest BCUT2D eigenvalue weighted by atomic mass is 35.5. The predicted molar refractivity (Wildman–Crippen MR) is 83.8 cm³/mol. The van der Waals surface area contributed by atoms with Crippen LogP contribution in [0, 0.1) is 5.82 Å². The molecule has 0 spiro atoms. The Morgan fingerprint density at radius 2 is 1.68 bits per heavy atom. The van der Waals surface area contributed by atoms with Gasteiger partial charge in [0, 0.05) is 0 Å². The van der Waals surface area contributed by atoms with Gasteiger partial charge in [0.2, 0.25) is 5.91 Å². The Bertz CT molecular complexity index is 722. The summed E-state index contributed by atoms with van der Waals surface area (Å²) < 4.78 is 13.6. The first-order valence-corrected chi connectivity index (χ1v) is 7.01. The molecule has 22 heavy (non-hydrogen) atoms. The fourth-order valence-electron chi connectivity index (χ4n) is 1.70. The van der Waals surface area contributed by atoms with Crippen LogP contribution in [0.3, 0.4) is 0 Å². The molecule has 2 amide bonds. The third kappa shape index (κ3) is 3.96. The van der Waals surface area contributed by atoms with Crippen LogP contribution in [0.25, 0.3) is 0 Å². The molecule has 0 unspecified atom stereocenters. The summed E-state index contributed by atoms with van der Waals surface area (Å²) in [7, 11) is 0. The zero-order valence-electron chi connectivity index (χ0n) is 11.2. The summed E-state index contributed by atoms with van der Waals surface area (Å²) in [5, 5.41) is 4.91. The summed E-state index contributed by atoms with van der Waals surface area (Å²) in [4.78, 5) is 23.6. The second kappa shape index (κ2) is 7.24. The van der Waals surface area contributed by atoms with Gasteiger partial charge < -0.3 is 10.6 Å². The number of rotatable bonds is 4. The molecule has 0 bridgehead atoms. The molecule has 0 aliphatic heterocycles. The van der Waals surface area contributed by atoms with Crippen molar-refractivity contribution < 1.29 is 14.0 Å². The fourth-order valence-corrected chi connectivity index (χ4v) is 2.09. The highest BCUT2D eigenvalue weighted by Gasteiger charge is 2.13. The molecule has 0 fully saturated rings. The van der Waals surface area contributed by atoms with Crippen molar-refractivity contribution in [2.45, 2.75) is 0 Å². The van der Waals surface area contributed by atoms with Crippen LogP contribution in [0.5, 0.6) is 0 Å². The molecule has 0 aromatic heterocycles. The van der Waals surface area contributed by atoms with E-state index >= 15 is 0 Å². The SMILES string of the molecule is O=C(CNC(=O)c1ccccc1Cl)Nc1cccc(Cl)c1F. The third-order valence-electron chi connectivity index (χ3n) is 2.75. The van der Waals surface area contributed by atoms with E-state index in [9.17, 15) is 14.0 Å². The Morgan fingerprint density at radius 3 is 2.41 bits per heavy atom. The number of hydrogen-bond donors (Lipinski definition) is 2. The van der Waals surface area contributed by atoms with Crippen LogP contribution in [0.1, 0.15) is 10.4 Å². The molecule has 7 heteroatoms. The van der Waals surface area contributed by atoms with E-state index in [-0.39, 0.29) is 27.8 Å². The van der Waals surface area contributed by atoms with E-state index in [1.165, 1.54) is 24.3 Å². The molecule has 2 N–H and O–H groups in total. The van der Waals surface area contributed by atoms with Crippen LogP contribution in [0.15, 0.2) is 42.5 Å². The molecular formula is C15H11Cl2FN2O2. The van der Waals surface area contributed by atoms with Crippen molar-refractivity contribution in [2.75, 3.05) is 11.9 Å². The van der Waals surface area contributed by atoms with E-state index < -0.39 is 17.6 Å². The summed E-state index contributed by atoms with van der Waals surface area (Å²) in [5.74, 6) is -1.80. The molecule has 0 atom stereocenters. The van der Waals surface area contributed by atoms with Crippen molar-refractivity contribution in [3.05, 3.63) is 63.9 Å². The second-order valence-corrected chi connectivity index (χ2v) is 5.13. The molecule has 114 valence electrons. The van der Waals surface area contributed by atoms with E-state index in [4.69, 9.17) is 23.2 Å². The van der Waals surface area contributed by atoms with Gasteiger partial charge in [-0.3, -0.25) is 9.59 Å². The van der Waals surface area contributed by atoms with Gasteiger partial charge >= 0.3 is 0 Å². The van der Waals surface area contributed by atoms with Gasteiger partial charge in [0.15, 0.2) is 5.82 Å². The van der Waals surface area contributed by atoms with Gasteiger partial charge in [-0.2, -0.15) is 0 Å². The number of halogens is 3. The number of benzene rings is 2. The molecule has 0 saturated heterocycles. The topological polar surface area (TPSA) is 58.2 Å². The molecule has 0 aliphatic rings. The van der Waals surface area contributed by atoms with Crippen molar-refractivity contribution >= 4 is 40.7 Å². The van der Waals surface area contributed by atoms with Gasteiger partial charge in [-0.1, -0.05) is 41.4 Å². The molecule has 4 nitrogen and oxygen atoms in total. The molecule has 0 radical (unpaired) electrons. The number of amides is 2.